The average molecular weight is 220 g/mol. The Morgan fingerprint density at radius 2 is 1.75 bits per heavy atom. The number of carbonyl (C=O) groups is 2. The molecule has 16 heavy (non-hydrogen) atoms. The van der Waals surface area contributed by atoms with E-state index in [4.69, 9.17) is 4.74 Å². The molecule has 0 N–H and O–H groups in total. The molecular weight excluding hydrogens is 204 g/mol. The molecule has 0 radical (unpaired) electrons. The third kappa shape index (κ3) is 4.26. The van der Waals surface area contributed by atoms with Gasteiger partial charge in [-0.2, -0.15) is 0 Å². The molecule has 0 fully saturated rings. The summed E-state index contributed by atoms with van der Waals surface area (Å²) >= 11 is 0. The Labute approximate surface area is 95.4 Å². The van der Waals surface area contributed by atoms with Gasteiger partial charge in [-0.3, -0.25) is 9.59 Å². The number of hydrogen-bond donors (Lipinski definition) is 0. The van der Waals surface area contributed by atoms with Crippen LogP contribution in [0.25, 0.3) is 0 Å². The van der Waals surface area contributed by atoms with Crippen LogP contribution in [0, 0.1) is 0 Å². The van der Waals surface area contributed by atoms with E-state index in [1.807, 2.05) is 24.3 Å². The quantitative estimate of drug-likeness (QED) is 0.434. The van der Waals surface area contributed by atoms with Crippen LogP contribution < -0.4 is 0 Å². The molecule has 3 heteroatoms. The number of ether oxygens (including phenoxy) is 1. The van der Waals surface area contributed by atoms with E-state index >= 15 is 0 Å². The van der Waals surface area contributed by atoms with Crippen LogP contribution in [-0.2, 0) is 16.0 Å². The van der Waals surface area contributed by atoms with Crippen LogP contribution in [0.1, 0.15) is 36.2 Å². The second-order valence-corrected chi connectivity index (χ2v) is 3.70. The van der Waals surface area contributed by atoms with Gasteiger partial charge in [-0.1, -0.05) is 24.3 Å². The molecule has 3 nitrogen and oxygen atoms in total. The summed E-state index contributed by atoms with van der Waals surface area (Å²) in [6.07, 6.45) is 1.66. The zero-order valence-corrected chi connectivity index (χ0v) is 9.66. The lowest BCUT2D eigenvalue weighted by atomic mass is 10.1. The van der Waals surface area contributed by atoms with Gasteiger partial charge in [0.15, 0.2) is 5.78 Å². The number of rotatable bonds is 5. The third-order valence-corrected chi connectivity index (χ3v) is 2.28. The van der Waals surface area contributed by atoms with E-state index in [1.54, 1.807) is 6.92 Å². The number of esters is 1. The van der Waals surface area contributed by atoms with Gasteiger partial charge in [-0.25, -0.2) is 0 Å². The summed E-state index contributed by atoms with van der Waals surface area (Å²) in [6.45, 7) is 3.40. The Bertz CT molecular complexity index is 365. The predicted octanol–water partition coefficient (Wildman–Crippen LogP) is 2.38. The molecule has 0 heterocycles. The summed E-state index contributed by atoms with van der Waals surface area (Å²) in [4.78, 5) is 21.5. The highest BCUT2D eigenvalue weighted by Crippen LogP contribution is 2.07. The van der Waals surface area contributed by atoms with Crippen molar-refractivity contribution in [2.24, 2.45) is 0 Å². The number of Topliss-reactive ketones (excluding diaryl/α,β-unsaturated/α-hetero) is 1. The standard InChI is InChI=1S/C13H16O3/c1-10(14)13-7-5-12(6-8-13)4-3-9-16-11(2)15/h5-8H,3-4,9H2,1-2H3. The Balaban J connectivity index is 2.38. The largest absolute Gasteiger partial charge is 0.466 e. The van der Waals surface area contributed by atoms with Crippen molar-refractivity contribution in [3.8, 4) is 0 Å². The fraction of sp³-hybridized carbons (Fsp3) is 0.385. The predicted molar refractivity (Wildman–Crippen MR) is 61.4 cm³/mol. The van der Waals surface area contributed by atoms with Crippen molar-refractivity contribution >= 4 is 11.8 Å². The molecule has 0 aromatic heterocycles. The summed E-state index contributed by atoms with van der Waals surface area (Å²) in [5.74, 6) is -0.168. The van der Waals surface area contributed by atoms with Crippen molar-refractivity contribution in [2.75, 3.05) is 6.61 Å². The molecule has 0 aliphatic heterocycles. The number of carbonyl (C=O) groups excluding carboxylic acids is 2. The van der Waals surface area contributed by atoms with E-state index in [9.17, 15) is 9.59 Å². The van der Waals surface area contributed by atoms with E-state index in [0.29, 0.717) is 6.61 Å². The first-order chi connectivity index (χ1) is 7.59. The zero-order chi connectivity index (χ0) is 12.0. The third-order valence-electron chi connectivity index (χ3n) is 2.28. The van der Waals surface area contributed by atoms with Gasteiger partial charge in [0, 0.05) is 12.5 Å². The van der Waals surface area contributed by atoms with Crippen molar-refractivity contribution in [1.29, 1.82) is 0 Å². The maximum Gasteiger partial charge on any atom is 0.302 e. The van der Waals surface area contributed by atoms with Crippen molar-refractivity contribution in [3.05, 3.63) is 35.4 Å². The normalized spacial score (nSPS) is 9.88. The highest BCUT2D eigenvalue weighted by Gasteiger charge is 1.99. The van der Waals surface area contributed by atoms with Gasteiger partial charge >= 0.3 is 5.97 Å². The minimum absolute atomic E-state index is 0.0754. The van der Waals surface area contributed by atoms with Crippen LogP contribution >= 0.6 is 0 Å². The SMILES string of the molecule is CC(=O)OCCCc1ccc(C(C)=O)cc1. The summed E-state index contributed by atoms with van der Waals surface area (Å²) in [5, 5.41) is 0. The molecule has 86 valence electrons. The van der Waals surface area contributed by atoms with Gasteiger partial charge in [0.05, 0.1) is 6.61 Å². The summed E-state index contributed by atoms with van der Waals surface area (Å²) in [6, 6.07) is 7.52. The van der Waals surface area contributed by atoms with Crippen LogP contribution in [0.3, 0.4) is 0 Å². The molecule has 0 spiro atoms. The molecule has 0 amide bonds. The van der Waals surface area contributed by atoms with Crippen molar-refractivity contribution in [2.45, 2.75) is 26.7 Å². The summed E-state index contributed by atoms with van der Waals surface area (Å²) in [7, 11) is 0. The van der Waals surface area contributed by atoms with Crippen molar-refractivity contribution in [1.82, 2.24) is 0 Å². The Morgan fingerprint density at radius 3 is 2.25 bits per heavy atom. The number of aryl methyl sites for hydroxylation is 1. The lowest BCUT2D eigenvalue weighted by Gasteiger charge is -2.03. The lowest BCUT2D eigenvalue weighted by Crippen LogP contribution is -2.01. The topological polar surface area (TPSA) is 43.4 Å². The van der Waals surface area contributed by atoms with E-state index in [1.165, 1.54) is 6.92 Å². The molecule has 0 saturated heterocycles. The molecule has 0 bridgehead atoms. The van der Waals surface area contributed by atoms with E-state index in [0.717, 1.165) is 24.0 Å². The first kappa shape index (κ1) is 12.4. The molecule has 0 saturated carbocycles. The van der Waals surface area contributed by atoms with Crippen LogP contribution in [0.2, 0.25) is 0 Å². The molecule has 0 atom stereocenters. The highest BCUT2D eigenvalue weighted by atomic mass is 16.5. The van der Waals surface area contributed by atoms with Crippen LogP contribution in [0.15, 0.2) is 24.3 Å². The van der Waals surface area contributed by atoms with E-state index in [-0.39, 0.29) is 11.8 Å². The number of hydrogen-bond acceptors (Lipinski definition) is 3. The first-order valence-corrected chi connectivity index (χ1v) is 5.33. The minimum Gasteiger partial charge on any atom is -0.466 e. The van der Waals surface area contributed by atoms with Gasteiger partial charge in [-0.15, -0.1) is 0 Å². The maximum absolute atomic E-state index is 11.0. The maximum atomic E-state index is 11.0. The smallest absolute Gasteiger partial charge is 0.302 e. The second kappa shape index (κ2) is 6.05. The van der Waals surface area contributed by atoms with Gasteiger partial charge < -0.3 is 4.74 Å². The van der Waals surface area contributed by atoms with Crippen molar-refractivity contribution < 1.29 is 14.3 Å². The minimum atomic E-state index is -0.244. The van der Waals surface area contributed by atoms with Gasteiger partial charge in [0.2, 0.25) is 0 Å². The van der Waals surface area contributed by atoms with E-state index in [2.05, 4.69) is 0 Å². The molecule has 0 aliphatic rings. The molecular formula is C13H16O3. The fourth-order valence-electron chi connectivity index (χ4n) is 1.40. The van der Waals surface area contributed by atoms with Gasteiger partial charge in [0.1, 0.15) is 0 Å². The zero-order valence-electron chi connectivity index (χ0n) is 9.66. The summed E-state index contributed by atoms with van der Waals surface area (Å²) in [5.41, 5.74) is 1.88. The van der Waals surface area contributed by atoms with Gasteiger partial charge in [0.25, 0.3) is 0 Å². The molecule has 0 unspecified atom stereocenters. The second-order valence-electron chi connectivity index (χ2n) is 3.70. The van der Waals surface area contributed by atoms with Crippen molar-refractivity contribution in [3.63, 3.8) is 0 Å². The van der Waals surface area contributed by atoms with Crippen LogP contribution in [0.5, 0.6) is 0 Å². The molecule has 1 aromatic carbocycles. The Kier molecular flexibility index (Phi) is 4.70. The van der Waals surface area contributed by atoms with Gasteiger partial charge in [-0.05, 0) is 25.3 Å². The molecule has 1 aromatic rings. The van der Waals surface area contributed by atoms with Crippen LogP contribution in [0.4, 0.5) is 0 Å². The van der Waals surface area contributed by atoms with Crippen LogP contribution in [-0.4, -0.2) is 18.4 Å². The first-order valence-electron chi connectivity index (χ1n) is 5.33. The summed E-state index contributed by atoms with van der Waals surface area (Å²) < 4.78 is 4.83. The lowest BCUT2D eigenvalue weighted by molar-refractivity contribution is -0.141. The Morgan fingerprint density at radius 1 is 1.12 bits per heavy atom. The average Bonchev–Trinajstić information content (AvgIpc) is 2.25. The number of benzene rings is 1. The monoisotopic (exact) mass is 220 g/mol. The van der Waals surface area contributed by atoms with E-state index < -0.39 is 0 Å². The Hall–Kier alpha value is -1.64. The molecule has 0 aliphatic carbocycles. The fourth-order valence-corrected chi connectivity index (χ4v) is 1.40. The molecule has 1 rings (SSSR count). The highest BCUT2D eigenvalue weighted by molar-refractivity contribution is 5.93. The number of ketones is 1.